The van der Waals surface area contributed by atoms with Crippen molar-refractivity contribution < 1.29 is 9.53 Å². The highest BCUT2D eigenvalue weighted by Crippen LogP contribution is 2.17. The fraction of sp³-hybridized carbons (Fsp3) is 0.333. The van der Waals surface area contributed by atoms with Crippen LogP contribution in [0.5, 0.6) is 5.88 Å². The summed E-state index contributed by atoms with van der Waals surface area (Å²) < 4.78 is 5.79. The highest BCUT2D eigenvalue weighted by molar-refractivity contribution is 7.07. The number of hydrogen-bond donors (Lipinski definition) is 0. The maximum absolute atomic E-state index is 12.2. The van der Waals surface area contributed by atoms with Gasteiger partial charge in [0.05, 0.1) is 13.0 Å². The van der Waals surface area contributed by atoms with Gasteiger partial charge in [0.2, 0.25) is 11.8 Å². The van der Waals surface area contributed by atoms with Crippen molar-refractivity contribution in [1.29, 1.82) is 0 Å². The van der Waals surface area contributed by atoms with Gasteiger partial charge in [-0.1, -0.05) is 6.07 Å². The summed E-state index contributed by atoms with van der Waals surface area (Å²) in [4.78, 5) is 18.2. The topological polar surface area (TPSA) is 42.4 Å². The Balaban J connectivity index is 1.53. The Hall–Kier alpha value is -1.88. The fourth-order valence-corrected chi connectivity index (χ4v) is 2.99. The quantitative estimate of drug-likeness (QED) is 0.867. The minimum absolute atomic E-state index is 0.0522. The van der Waals surface area contributed by atoms with E-state index in [1.165, 1.54) is 0 Å². The maximum Gasteiger partial charge on any atom is 0.227 e. The van der Waals surface area contributed by atoms with Gasteiger partial charge in [-0.15, -0.1) is 0 Å². The fourth-order valence-electron chi connectivity index (χ4n) is 2.32. The van der Waals surface area contributed by atoms with Crippen LogP contribution in [0.15, 0.2) is 41.2 Å². The van der Waals surface area contributed by atoms with Crippen LogP contribution in [0.2, 0.25) is 0 Å². The van der Waals surface area contributed by atoms with E-state index < -0.39 is 0 Å². The highest BCUT2D eigenvalue weighted by atomic mass is 32.1. The second kappa shape index (κ2) is 6.05. The second-order valence-electron chi connectivity index (χ2n) is 4.84. The molecule has 0 aliphatic carbocycles. The molecule has 0 N–H and O–H groups in total. The van der Waals surface area contributed by atoms with E-state index in [-0.39, 0.29) is 12.0 Å². The molecule has 1 fully saturated rings. The lowest BCUT2D eigenvalue weighted by Gasteiger charge is -2.16. The van der Waals surface area contributed by atoms with Crippen LogP contribution in [0.25, 0.3) is 0 Å². The molecule has 3 heterocycles. The lowest BCUT2D eigenvalue weighted by atomic mass is 10.2. The molecule has 2 aromatic rings. The Morgan fingerprint density at radius 1 is 1.45 bits per heavy atom. The van der Waals surface area contributed by atoms with Crippen LogP contribution in [-0.2, 0) is 11.2 Å². The van der Waals surface area contributed by atoms with Gasteiger partial charge in [-0.25, -0.2) is 4.98 Å². The molecule has 1 atom stereocenters. The van der Waals surface area contributed by atoms with Crippen LogP contribution in [0.3, 0.4) is 0 Å². The van der Waals surface area contributed by atoms with E-state index >= 15 is 0 Å². The van der Waals surface area contributed by atoms with Crippen molar-refractivity contribution in [2.24, 2.45) is 0 Å². The molecule has 4 nitrogen and oxygen atoms in total. The van der Waals surface area contributed by atoms with Crippen LogP contribution in [0, 0.1) is 0 Å². The third-order valence-corrected chi connectivity index (χ3v) is 4.09. The molecule has 1 saturated heterocycles. The number of carbonyl (C=O) groups excluding carboxylic acids is 1. The number of pyridine rings is 1. The number of hydrogen-bond acceptors (Lipinski definition) is 4. The van der Waals surface area contributed by atoms with E-state index in [9.17, 15) is 4.79 Å². The first kappa shape index (κ1) is 13.1. The molecule has 0 aromatic carbocycles. The van der Waals surface area contributed by atoms with Crippen molar-refractivity contribution in [2.75, 3.05) is 13.1 Å². The van der Waals surface area contributed by atoms with Crippen LogP contribution in [0.1, 0.15) is 12.0 Å². The van der Waals surface area contributed by atoms with Crippen LogP contribution in [-0.4, -0.2) is 35.0 Å². The molecule has 2 aromatic heterocycles. The summed E-state index contributed by atoms with van der Waals surface area (Å²) in [7, 11) is 0. The monoisotopic (exact) mass is 288 g/mol. The third kappa shape index (κ3) is 3.17. The number of thiophene rings is 1. The summed E-state index contributed by atoms with van der Waals surface area (Å²) in [5.41, 5.74) is 1.09. The van der Waals surface area contributed by atoms with Crippen LogP contribution < -0.4 is 4.74 Å². The number of likely N-dealkylation sites (tertiary alicyclic amines) is 1. The van der Waals surface area contributed by atoms with Crippen molar-refractivity contribution in [1.82, 2.24) is 9.88 Å². The van der Waals surface area contributed by atoms with Gasteiger partial charge in [0.1, 0.15) is 6.10 Å². The normalized spacial score (nSPS) is 18.2. The van der Waals surface area contributed by atoms with E-state index in [2.05, 4.69) is 4.98 Å². The van der Waals surface area contributed by atoms with Crippen molar-refractivity contribution in [3.8, 4) is 5.88 Å². The first-order valence-electron chi connectivity index (χ1n) is 6.68. The van der Waals surface area contributed by atoms with E-state index in [1.54, 1.807) is 17.5 Å². The first-order chi connectivity index (χ1) is 9.81. The summed E-state index contributed by atoms with van der Waals surface area (Å²) in [5, 5.41) is 4.02. The van der Waals surface area contributed by atoms with E-state index in [0.29, 0.717) is 18.8 Å². The van der Waals surface area contributed by atoms with Gasteiger partial charge in [-0.2, -0.15) is 11.3 Å². The third-order valence-electron chi connectivity index (χ3n) is 3.36. The van der Waals surface area contributed by atoms with Gasteiger partial charge in [0, 0.05) is 25.2 Å². The van der Waals surface area contributed by atoms with Gasteiger partial charge in [-0.05, 0) is 28.5 Å². The summed E-state index contributed by atoms with van der Waals surface area (Å²) >= 11 is 1.62. The Morgan fingerprint density at radius 2 is 2.40 bits per heavy atom. The second-order valence-corrected chi connectivity index (χ2v) is 5.62. The molecule has 0 bridgehead atoms. The molecule has 0 unspecified atom stereocenters. The first-order valence-corrected chi connectivity index (χ1v) is 7.62. The molecule has 20 heavy (non-hydrogen) atoms. The summed E-state index contributed by atoms with van der Waals surface area (Å²) in [6.07, 6.45) is 3.12. The molecular weight excluding hydrogens is 272 g/mol. The summed E-state index contributed by atoms with van der Waals surface area (Å²) in [6.45, 7) is 1.42. The molecule has 0 spiro atoms. The van der Waals surface area contributed by atoms with Crippen molar-refractivity contribution in [2.45, 2.75) is 18.9 Å². The predicted octanol–water partition coefficient (Wildman–Crippen LogP) is 2.37. The molecular formula is C15H16N2O2S. The summed E-state index contributed by atoms with van der Waals surface area (Å²) in [5.74, 6) is 0.806. The molecule has 1 aliphatic heterocycles. The molecule has 1 amide bonds. The smallest absolute Gasteiger partial charge is 0.227 e. The minimum Gasteiger partial charge on any atom is -0.472 e. The van der Waals surface area contributed by atoms with Gasteiger partial charge in [0.15, 0.2) is 0 Å². The lowest BCUT2D eigenvalue weighted by molar-refractivity contribution is -0.129. The number of ether oxygens (including phenoxy) is 1. The average molecular weight is 288 g/mol. The van der Waals surface area contributed by atoms with E-state index in [1.807, 2.05) is 39.9 Å². The number of amides is 1. The zero-order chi connectivity index (χ0) is 13.8. The van der Waals surface area contributed by atoms with Crippen molar-refractivity contribution >= 4 is 17.2 Å². The van der Waals surface area contributed by atoms with Crippen molar-refractivity contribution in [3.63, 3.8) is 0 Å². The number of aromatic nitrogens is 1. The Labute approximate surface area is 122 Å². The number of carbonyl (C=O) groups is 1. The SMILES string of the molecule is O=C(Cc1ccsc1)N1CC[C@H](Oc2ccccn2)C1. The molecule has 0 radical (unpaired) electrons. The zero-order valence-electron chi connectivity index (χ0n) is 11.1. The predicted molar refractivity (Wildman–Crippen MR) is 77.9 cm³/mol. The number of nitrogens with zero attached hydrogens (tertiary/aromatic N) is 2. The van der Waals surface area contributed by atoms with Crippen LogP contribution in [0.4, 0.5) is 0 Å². The molecule has 3 rings (SSSR count). The van der Waals surface area contributed by atoms with E-state index in [0.717, 1.165) is 18.5 Å². The van der Waals surface area contributed by atoms with Gasteiger partial charge >= 0.3 is 0 Å². The Morgan fingerprint density at radius 3 is 3.15 bits per heavy atom. The number of rotatable bonds is 4. The molecule has 104 valence electrons. The summed E-state index contributed by atoms with van der Waals surface area (Å²) in [6, 6.07) is 7.60. The van der Waals surface area contributed by atoms with Gasteiger partial charge < -0.3 is 9.64 Å². The Bertz CT molecular complexity index is 557. The Kier molecular flexibility index (Phi) is 3.97. The zero-order valence-corrected chi connectivity index (χ0v) is 11.9. The molecule has 1 aliphatic rings. The highest BCUT2D eigenvalue weighted by Gasteiger charge is 2.27. The standard InChI is InChI=1S/C15H16N2O2S/c18-15(9-12-5-8-20-11-12)17-7-4-13(10-17)19-14-3-1-2-6-16-14/h1-3,5-6,8,11,13H,4,7,9-10H2/t13-/m0/s1. The lowest BCUT2D eigenvalue weighted by Crippen LogP contribution is -2.32. The minimum atomic E-state index is 0.0522. The van der Waals surface area contributed by atoms with Crippen molar-refractivity contribution in [3.05, 3.63) is 46.8 Å². The van der Waals surface area contributed by atoms with Gasteiger partial charge in [-0.3, -0.25) is 4.79 Å². The molecule has 5 heteroatoms. The molecule has 0 saturated carbocycles. The maximum atomic E-state index is 12.2. The van der Waals surface area contributed by atoms with Gasteiger partial charge in [0.25, 0.3) is 0 Å². The van der Waals surface area contributed by atoms with Crippen LogP contribution >= 0.6 is 11.3 Å². The average Bonchev–Trinajstić information content (AvgIpc) is 3.11. The van der Waals surface area contributed by atoms with E-state index in [4.69, 9.17) is 4.74 Å². The largest absolute Gasteiger partial charge is 0.472 e.